The Morgan fingerprint density at radius 3 is 2.47 bits per heavy atom. The second kappa shape index (κ2) is 4.93. The van der Waals surface area contributed by atoms with Crippen LogP contribution in [0.4, 0.5) is 11.4 Å². The Bertz CT molecular complexity index is 674. The fourth-order valence-corrected chi connectivity index (χ4v) is 2.98. The van der Waals surface area contributed by atoms with Gasteiger partial charge in [-0.2, -0.15) is 5.10 Å². The number of hydrogen-bond acceptors (Lipinski definition) is 4. The maximum absolute atomic E-state index is 12.0. The highest BCUT2D eigenvalue weighted by Gasteiger charge is 2.14. The Morgan fingerprint density at radius 2 is 1.95 bits per heavy atom. The van der Waals surface area contributed by atoms with Gasteiger partial charge in [-0.1, -0.05) is 12.1 Å². The fraction of sp³-hybridized carbons (Fsp3) is 0.250. The quantitative estimate of drug-likeness (QED) is 0.825. The summed E-state index contributed by atoms with van der Waals surface area (Å²) in [6.45, 7) is 1.75. The third kappa shape index (κ3) is 3.47. The van der Waals surface area contributed by atoms with E-state index in [1.54, 1.807) is 49.1 Å². The monoisotopic (exact) mass is 280 g/mol. The molecule has 2 aromatic rings. The summed E-state index contributed by atoms with van der Waals surface area (Å²) in [4.78, 5) is 0. The highest BCUT2D eigenvalue weighted by molar-refractivity contribution is 7.91. The first-order valence-corrected chi connectivity index (χ1v) is 7.36. The molecule has 1 aromatic carbocycles. The molecule has 2 rings (SSSR count). The summed E-state index contributed by atoms with van der Waals surface area (Å²) in [5.41, 5.74) is 7.99. The van der Waals surface area contributed by atoms with Crippen molar-refractivity contribution in [3.05, 3.63) is 41.7 Å². The summed E-state index contributed by atoms with van der Waals surface area (Å²) < 4.78 is 28.2. The number of rotatable bonds is 4. The molecule has 3 N–H and O–H groups in total. The Kier molecular flexibility index (Phi) is 3.48. The molecule has 0 atom stereocenters. The first-order valence-electron chi connectivity index (χ1n) is 5.71. The maximum Gasteiger partial charge on any atom is 0.237 e. The molecular weight excluding hydrogens is 264 g/mol. The fourth-order valence-electron chi connectivity index (χ4n) is 1.74. The lowest BCUT2D eigenvalue weighted by Gasteiger charge is -2.07. The predicted molar refractivity (Wildman–Crippen MR) is 75.0 cm³/mol. The van der Waals surface area contributed by atoms with Gasteiger partial charge in [-0.15, -0.1) is 0 Å². The molecule has 0 saturated carbocycles. The largest absolute Gasteiger partial charge is 0.399 e. The Hall–Kier alpha value is -2.02. The number of benzene rings is 1. The molecule has 6 nitrogen and oxygen atoms in total. The van der Waals surface area contributed by atoms with Crippen molar-refractivity contribution < 1.29 is 8.42 Å². The summed E-state index contributed by atoms with van der Waals surface area (Å²) in [6.07, 6.45) is 1.63. The smallest absolute Gasteiger partial charge is 0.237 e. The predicted octanol–water partition coefficient (Wildman–Crippen LogP) is 1.25. The molecule has 1 heterocycles. The van der Waals surface area contributed by atoms with Crippen molar-refractivity contribution in [3.63, 3.8) is 0 Å². The van der Waals surface area contributed by atoms with E-state index in [0.717, 1.165) is 0 Å². The number of aryl methyl sites for hydroxylation is 2. The number of nitrogens with zero attached hydrogens (tertiary/aromatic N) is 2. The molecule has 0 radical (unpaired) electrons. The summed E-state index contributed by atoms with van der Waals surface area (Å²) in [6, 6.07) is 6.76. The molecule has 1 aromatic heterocycles. The normalized spacial score (nSPS) is 11.5. The van der Waals surface area contributed by atoms with Gasteiger partial charge in [0.25, 0.3) is 0 Å². The van der Waals surface area contributed by atoms with Gasteiger partial charge >= 0.3 is 0 Å². The molecule has 7 heteroatoms. The number of aromatic nitrogens is 2. The molecule has 0 saturated heterocycles. The van der Waals surface area contributed by atoms with Crippen molar-refractivity contribution in [2.45, 2.75) is 12.7 Å². The van der Waals surface area contributed by atoms with E-state index in [4.69, 9.17) is 5.73 Å². The Labute approximate surface area is 112 Å². The van der Waals surface area contributed by atoms with Gasteiger partial charge in [-0.25, -0.2) is 8.42 Å². The number of nitrogen functional groups attached to an aromatic ring is 1. The van der Waals surface area contributed by atoms with Crippen LogP contribution in [0.25, 0.3) is 0 Å². The summed E-state index contributed by atoms with van der Waals surface area (Å²) in [5, 5.41) is 4.09. The molecule has 0 unspecified atom stereocenters. The number of nitrogens with one attached hydrogen (secondary N) is 1. The second-order valence-electron chi connectivity index (χ2n) is 4.40. The molecule has 0 aliphatic heterocycles. The second-order valence-corrected chi connectivity index (χ2v) is 6.13. The Morgan fingerprint density at radius 1 is 1.32 bits per heavy atom. The van der Waals surface area contributed by atoms with Gasteiger partial charge in [-0.3, -0.25) is 9.40 Å². The van der Waals surface area contributed by atoms with Crippen LogP contribution >= 0.6 is 0 Å². The van der Waals surface area contributed by atoms with Crippen molar-refractivity contribution in [1.82, 2.24) is 9.78 Å². The van der Waals surface area contributed by atoms with Crippen molar-refractivity contribution >= 4 is 21.4 Å². The zero-order valence-electron chi connectivity index (χ0n) is 10.8. The van der Waals surface area contributed by atoms with Crippen molar-refractivity contribution in [3.8, 4) is 0 Å². The van der Waals surface area contributed by atoms with E-state index in [0.29, 0.717) is 22.6 Å². The van der Waals surface area contributed by atoms with Crippen LogP contribution in [0.5, 0.6) is 0 Å². The minimum absolute atomic E-state index is 0.0956. The molecular formula is C12H16N4O2S. The van der Waals surface area contributed by atoms with Crippen LogP contribution in [0.2, 0.25) is 0 Å². The molecule has 0 aliphatic carbocycles. The minimum atomic E-state index is -3.45. The molecule has 19 heavy (non-hydrogen) atoms. The van der Waals surface area contributed by atoms with Gasteiger partial charge in [0.15, 0.2) is 0 Å². The molecule has 0 aliphatic rings. The van der Waals surface area contributed by atoms with Gasteiger partial charge < -0.3 is 5.73 Å². The van der Waals surface area contributed by atoms with E-state index in [2.05, 4.69) is 9.82 Å². The topological polar surface area (TPSA) is 90.0 Å². The lowest BCUT2D eigenvalue weighted by molar-refractivity contribution is 0.600. The van der Waals surface area contributed by atoms with E-state index in [-0.39, 0.29) is 5.75 Å². The molecule has 0 fully saturated rings. The highest BCUT2D eigenvalue weighted by Crippen LogP contribution is 2.16. The number of sulfonamides is 1. The van der Waals surface area contributed by atoms with Crippen LogP contribution in [0.1, 0.15) is 11.3 Å². The van der Waals surface area contributed by atoms with Crippen molar-refractivity contribution in [2.24, 2.45) is 7.05 Å². The number of anilines is 2. The minimum Gasteiger partial charge on any atom is -0.399 e. The van der Waals surface area contributed by atoms with Crippen LogP contribution in [-0.4, -0.2) is 18.2 Å². The lowest BCUT2D eigenvalue weighted by atomic mass is 10.2. The third-order valence-corrected chi connectivity index (χ3v) is 3.86. The van der Waals surface area contributed by atoms with Crippen LogP contribution < -0.4 is 10.5 Å². The first-order chi connectivity index (χ1) is 8.85. The van der Waals surface area contributed by atoms with E-state index in [9.17, 15) is 8.42 Å². The third-order valence-electron chi connectivity index (χ3n) is 2.62. The van der Waals surface area contributed by atoms with Gasteiger partial charge in [0, 0.05) is 18.9 Å². The zero-order valence-corrected chi connectivity index (χ0v) is 11.6. The van der Waals surface area contributed by atoms with E-state index >= 15 is 0 Å². The highest BCUT2D eigenvalue weighted by atomic mass is 32.2. The molecule has 0 spiro atoms. The standard InChI is InChI=1S/C12H16N4O2S/c1-9-12(7-16(2)14-9)15-19(17,18)8-10-3-5-11(13)6-4-10/h3-7,15H,8,13H2,1-2H3. The first kappa shape index (κ1) is 13.4. The van der Waals surface area contributed by atoms with Crippen LogP contribution in [0.3, 0.4) is 0 Å². The zero-order chi connectivity index (χ0) is 14.0. The van der Waals surface area contributed by atoms with Gasteiger partial charge in [0.05, 0.1) is 17.1 Å². The van der Waals surface area contributed by atoms with Crippen LogP contribution in [0.15, 0.2) is 30.5 Å². The maximum atomic E-state index is 12.0. The van der Waals surface area contributed by atoms with Crippen LogP contribution in [0, 0.1) is 6.92 Å². The average Bonchev–Trinajstić information content (AvgIpc) is 2.59. The van der Waals surface area contributed by atoms with Gasteiger partial charge in [0.2, 0.25) is 10.0 Å². The SMILES string of the molecule is Cc1nn(C)cc1NS(=O)(=O)Cc1ccc(N)cc1. The van der Waals surface area contributed by atoms with Gasteiger partial charge in [-0.05, 0) is 24.6 Å². The van der Waals surface area contributed by atoms with E-state index in [1.165, 1.54) is 0 Å². The Balaban J connectivity index is 2.15. The number of nitrogens with two attached hydrogens (primary N) is 1. The molecule has 0 amide bonds. The molecule has 0 bridgehead atoms. The van der Waals surface area contributed by atoms with E-state index in [1.807, 2.05) is 0 Å². The summed E-state index contributed by atoms with van der Waals surface area (Å²) >= 11 is 0. The van der Waals surface area contributed by atoms with Crippen LogP contribution in [-0.2, 0) is 22.8 Å². The van der Waals surface area contributed by atoms with E-state index < -0.39 is 10.0 Å². The lowest BCUT2D eigenvalue weighted by Crippen LogP contribution is -2.15. The summed E-state index contributed by atoms with van der Waals surface area (Å²) in [7, 11) is -1.71. The van der Waals surface area contributed by atoms with Gasteiger partial charge in [0.1, 0.15) is 0 Å². The average molecular weight is 280 g/mol. The van der Waals surface area contributed by atoms with Crippen molar-refractivity contribution in [2.75, 3.05) is 10.5 Å². The molecule has 102 valence electrons. The summed E-state index contributed by atoms with van der Waals surface area (Å²) in [5.74, 6) is -0.0956. The number of hydrogen-bond donors (Lipinski definition) is 2. The van der Waals surface area contributed by atoms with Crippen molar-refractivity contribution in [1.29, 1.82) is 0 Å².